The van der Waals surface area contributed by atoms with Gasteiger partial charge in [0.15, 0.2) is 0 Å². The number of thioether (sulfide) groups is 1. The largest absolute Gasteiger partial charge is 0.340 e. The molecule has 1 N–H and O–H groups in total. The lowest BCUT2D eigenvalue weighted by molar-refractivity contribution is -0.163. The predicted molar refractivity (Wildman–Crippen MR) is 82.7 cm³/mol. The van der Waals surface area contributed by atoms with E-state index in [1.165, 1.54) is 0 Å². The second kappa shape index (κ2) is 5.96. The van der Waals surface area contributed by atoms with Gasteiger partial charge in [0.25, 0.3) is 0 Å². The topological polar surface area (TPSA) is 49.4 Å². The fourth-order valence-electron chi connectivity index (χ4n) is 3.65. The normalized spacial score (nSPS) is 24.2. The molecule has 114 valence electrons. The third-order valence-electron chi connectivity index (χ3n) is 5.10. The molecule has 0 atom stereocenters. The molecule has 2 fully saturated rings. The van der Waals surface area contributed by atoms with E-state index in [0.29, 0.717) is 19.4 Å². The van der Waals surface area contributed by atoms with Crippen molar-refractivity contribution < 1.29 is 9.59 Å². The van der Waals surface area contributed by atoms with Crippen molar-refractivity contribution >= 4 is 23.6 Å². The summed E-state index contributed by atoms with van der Waals surface area (Å²) >= 11 is 1.73. The highest BCUT2D eigenvalue weighted by Crippen LogP contribution is 2.41. The average Bonchev–Trinajstić information content (AvgIpc) is 2.94. The number of nitrogens with one attached hydrogen (secondary N) is 1. The highest BCUT2D eigenvalue weighted by Gasteiger charge is 2.57. The zero-order chi connectivity index (χ0) is 14.8. The van der Waals surface area contributed by atoms with E-state index in [-0.39, 0.29) is 11.8 Å². The smallest absolute Gasteiger partial charge is 0.249 e. The summed E-state index contributed by atoms with van der Waals surface area (Å²) in [6.07, 6.45) is 7.11. The molecule has 2 aliphatic rings. The summed E-state index contributed by atoms with van der Waals surface area (Å²) < 4.78 is 0. The Morgan fingerprint density at radius 1 is 1.20 bits per heavy atom. The summed E-state index contributed by atoms with van der Waals surface area (Å²) in [6.45, 7) is 4.66. The molecule has 0 aromatic rings. The van der Waals surface area contributed by atoms with Gasteiger partial charge in [-0.2, -0.15) is 11.8 Å². The summed E-state index contributed by atoms with van der Waals surface area (Å²) in [6, 6.07) is 0. The Bertz CT molecular complexity index is 387. The fourth-order valence-corrected chi connectivity index (χ4v) is 4.01. The summed E-state index contributed by atoms with van der Waals surface area (Å²) in [5.74, 6) is 1.11. The van der Waals surface area contributed by atoms with Crippen molar-refractivity contribution in [2.75, 3.05) is 18.6 Å². The van der Waals surface area contributed by atoms with Crippen LogP contribution in [0.3, 0.4) is 0 Å². The Hall–Kier alpha value is -0.710. The van der Waals surface area contributed by atoms with Crippen LogP contribution < -0.4 is 5.32 Å². The summed E-state index contributed by atoms with van der Waals surface area (Å²) in [4.78, 5) is 27.7. The van der Waals surface area contributed by atoms with Gasteiger partial charge >= 0.3 is 0 Å². The van der Waals surface area contributed by atoms with Crippen LogP contribution >= 0.6 is 11.8 Å². The van der Waals surface area contributed by atoms with Crippen LogP contribution in [0.5, 0.6) is 0 Å². The molecule has 1 spiro atoms. The van der Waals surface area contributed by atoms with Gasteiger partial charge in [-0.05, 0) is 31.9 Å². The Kier molecular flexibility index (Phi) is 4.67. The number of amides is 2. The molecule has 1 heterocycles. The highest BCUT2D eigenvalue weighted by molar-refractivity contribution is 7.98. The van der Waals surface area contributed by atoms with E-state index < -0.39 is 11.1 Å². The molecule has 1 saturated carbocycles. The Balaban J connectivity index is 2.36. The minimum absolute atomic E-state index is 0.0828. The Morgan fingerprint density at radius 2 is 1.80 bits per heavy atom. The van der Waals surface area contributed by atoms with Crippen molar-refractivity contribution in [2.24, 2.45) is 0 Å². The number of carbonyl (C=O) groups excluding carboxylic acids is 2. The van der Waals surface area contributed by atoms with Gasteiger partial charge in [-0.25, -0.2) is 0 Å². The van der Waals surface area contributed by atoms with E-state index in [1.807, 2.05) is 25.0 Å². The molecule has 0 bridgehead atoms. The van der Waals surface area contributed by atoms with E-state index in [2.05, 4.69) is 5.32 Å². The van der Waals surface area contributed by atoms with Gasteiger partial charge in [-0.3, -0.25) is 9.59 Å². The van der Waals surface area contributed by atoms with Crippen LogP contribution in [0.15, 0.2) is 0 Å². The summed E-state index contributed by atoms with van der Waals surface area (Å²) in [5.41, 5.74) is -1.23. The number of piperazine rings is 1. The maximum Gasteiger partial charge on any atom is 0.249 e. The lowest BCUT2D eigenvalue weighted by Crippen LogP contribution is -2.75. The molecule has 0 aromatic heterocycles. The molecule has 1 aliphatic carbocycles. The van der Waals surface area contributed by atoms with Gasteiger partial charge in [0.2, 0.25) is 11.8 Å². The molecule has 4 nitrogen and oxygen atoms in total. The Labute approximate surface area is 126 Å². The SMILES string of the molecule is CCC1(CC)NC(=O)C2(CCCC2)N(CCSC)C1=O. The van der Waals surface area contributed by atoms with Gasteiger partial charge in [-0.15, -0.1) is 0 Å². The molecule has 1 saturated heterocycles. The third kappa shape index (κ3) is 2.24. The molecule has 2 amide bonds. The zero-order valence-corrected chi connectivity index (χ0v) is 13.6. The summed E-state index contributed by atoms with van der Waals surface area (Å²) in [5, 5.41) is 3.08. The fraction of sp³-hybridized carbons (Fsp3) is 0.867. The average molecular weight is 298 g/mol. The standard InChI is InChI=1S/C15H26N2O2S/c1-4-14(5-2)13(19)17(10-11-20-3)15(12(18)16-14)8-6-7-9-15/h4-11H2,1-3H3,(H,16,18). The quantitative estimate of drug-likeness (QED) is 0.846. The van der Waals surface area contributed by atoms with E-state index in [4.69, 9.17) is 0 Å². The minimum Gasteiger partial charge on any atom is -0.340 e. The molecule has 0 unspecified atom stereocenters. The van der Waals surface area contributed by atoms with Crippen LogP contribution in [0.2, 0.25) is 0 Å². The third-order valence-corrected chi connectivity index (χ3v) is 5.69. The van der Waals surface area contributed by atoms with Crippen LogP contribution in [0.25, 0.3) is 0 Å². The first-order valence-corrected chi connectivity index (χ1v) is 9.09. The van der Waals surface area contributed by atoms with E-state index in [1.54, 1.807) is 11.8 Å². The zero-order valence-electron chi connectivity index (χ0n) is 12.8. The van der Waals surface area contributed by atoms with E-state index >= 15 is 0 Å². The second-order valence-corrected chi connectivity index (χ2v) is 6.92. The number of carbonyl (C=O) groups is 2. The van der Waals surface area contributed by atoms with Crippen LogP contribution in [0, 0.1) is 0 Å². The molecule has 5 heteroatoms. The maximum absolute atomic E-state index is 13.0. The van der Waals surface area contributed by atoms with Crippen molar-refractivity contribution in [1.29, 1.82) is 0 Å². The second-order valence-electron chi connectivity index (χ2n) is 5.93. The number of hydrogen-bond donors (Lipinski definition) is 1. The predicted octanol–water partition coefficient (Wildman–Crippen LogP) is 2.18. The van der Waals surface area contributed by atoms with E-state index in [9.17, 15) is 9.59 Å². The van der Waals surface area contributed by atoms with Crippen molar-refractivity contribution in [3.05, 3.63) is 0 Å². The minimum atomic E-state index is -0.677. The molecule has 1 aliphatic heterocycles. The van der Waals surface area contributed by atoms with Crippen LogP contribution in [-0.4, -0.2) is 46.3 Å². The Morgan fingerprint density at radius 3 is 2.30 bits per heavy atom. The molecule has 0 aromatic carbocycles. The molecular weight excluding hydrogens is 272 g/mol. The lowest BCUT2D eigenvalue weighted by atomic mass is 9.81. The van der Waals surface area contributed by atoms with Crippen molar-refractivity contribution in [3.63, 3.8) is 0 Å². The number of hydrogen-bond acceptors (Lipinski definition) is 3. The first kappa shape index (κ1) is 15.7. The monoisotopic (exact) mass is 298 g/mol. The van der Waals surface area contributed by atoms with Gasteiger partial charge < -0.3 is 10.2 Å². The van der Waals surface area contributed by atoms with Crippen LogP contribution in [0.4, 0.5) is 0 Å². The van der Waals surface area contributed by atoms with Crippen molar-refractivity contribution in [2.45, 2.75) is 63.5 Å². The van der Waals surface area contributed by atoms with Crippen molar-refractivity contribution in [3.8, 4) is 0 Å². The number of rotatable bonds is 5. The van der Waals surface area contributed by atoms with Gasteiger partial charge in [0, 0.05) is 12.3 Å². The molecule has 2 rings (SSSR count). The highest BCUT2D eigenvalue weighted by atomic mass is 32.2. The summed E-state index contributed by atoms with van der Waals surface area (Å²) in [7, 11) is 0. The molecule has 20 heavy (non-hydrogen) atoms. The van der Waals surface area contributed by atoms with Gasteiger partial charge in [0.1, 0.15) is 11.1 Å². The number of nitrogens with zero attached hydrogens (tertiary/aromatic N) is 1. The van der Waals surface area contributed by atoms with Crippen molar-refractivity contribution in [1.82, 2.24) is 10.2 Å². The molecule has 0 radical (unpaired) electrons. The lowest BCUT2D eigenvalue weighted by Gasteiger charge is -2.51. The van der Waals surface area contributed by atoms with Crippen LogP contribution in [-0.2, 0) is 9.59 Å². The first-order chi connectivity index (χ1) is 9.56. The van der Waals surface area contributed by atoms with Crippen LogP contribution in [0.1, 0.15) is 52.4 Å². The van der Waals surface area contributed by atoms with Gasteiger partial charge in [-0.1, -0.05) is 26.7 Å². The molecular formula is C15H26N2O2S. The first-order valence-electron chi connectivity index (χ1n) is 7.70. The van der Waals surface area contributed by atoms with E-state index in [0.717, 1.165) is 31.4 Å². The van der Waals surface area contributed by atoms with Gasteiger partial charge in [0.05, 0.1) is 0 Å². The maximum atomic E-state index is 13.0.